The van der Waals surface area contributed by atoms with Gasteiger partial charge in [-0.2, -0.15) is 5.10 Å². The summed E-state index contributed by atoms with van der Waals surface area (Å²) in [6.45, 7) is 11.1. The first kappa shape index (κ1) is 42.8. The maximum atomic E-state index is 14.3. The topological polar surface area (TPSA) is 191 Å². The number of aliphatic hydroxyl groups excluding tert-OH is 1. The fraction of sp³-hybridized carbons (Fsp3) is 0.444. The first-order valence-electron chi connectivity index (χ1n) is 21.3. The summed E-state index contributed by atoms with van der Waals surface area (Å²) in [5.74, 6) is 0.460. The largest absolute Gasteiger partial charge is 0.507 e. The van der Waals surface area contributed by atoms with Gasteiger partial charge in [-0.05, 0) is 61.9 Å². The minimum atomic E-state index is -0.818. The van der Waals surface area contributed by atoms with Crippen LogP contribution in [0.1, 0.15) is 75.1 Å². The number of phenolic OH excluding ortho intramolecular Hbond substituents is 1. The Labute approximate surface area is 364 Å². The van der Waals surface area contributed by atoms with Crippen LogP contribution in [0.15, 0.2) is 70.7 Å². The molecule has 326 valence electrons. The van der Waals surface area contributed by atoms with Gasteiger partial charge in [0.25, 0.3) is 0 Å². The molecule has 6 heterocycles. The van der Waals surface area contributed by atoms with Crippen LogP contribution in [0.3, 0.4) is 0 Å². The normalized spacial score (nSPS) is 18.4. The van der Waals surface area contributed by atoms with E-state index in [0.717, 1.165) is 59.7 Å². The van der Waals surface area contributed by atoms with Crippen molar-refractivity contribution >= 4 is 45.8 Å². The van der Waals surface area contributed by atoms with Crippen molar-refractivity contribution in [3.63, 3.8) is 0 Å². The molecule has 6 aromatic rings. The molecule has 0 aliphatic carbocycles. The first-order chi connectivity index (χ1) is 29.9. The number of nitrogens with one attached hydrogen (secondary N) is 2. The monoisotopic (exact) mass is 861 g/mol. The zero-order chi connectivity index (χ0) is 43.7. The van der Waals surface area contributed by atoms with E-state index in [1.54, 1.807) is 23.5 Å². The maximum Gasteiger partial charge on any atom is 0.243 e. The number of likely N-dealkylation sites (tertiary alicyclic amines) is 2. The summed E-state index contributed by atoms with van der Waals surface area (Å²) in [7, 11) is 3.79. The highest BCUT2D eigenvalue weighted by molar-refractivity contribution is 7.13. The molecule has 17 heteroatoms. The van der Waals surface area contributed by atoms with Crippen molar-refractivity contribution in [1.82, 2.24) is 45.2 Å². The van der Waals surface area contributed by atoms with Crippen LogP contribution in [-0.4, -0.2) is 121 Å². The van der Waals surface area contributed by atoms with Crippen molar-refractivity contribution < 1.29 is 24.3 Å². The number of likely N-dealkylation sites (N-methyl/N-ethyl adjacent to an activating group) is 1. The van der Waals surface area contributed by atoms with Crippen LogP contribution in [0.4, 0.5) is 11.6 Å². The van der Waals surface area contributed by atoms with Crippen LogP contribution in [0.25, 0.3) is 32.7 Å². The number of phenols is 1. The van der Waals surface area contributed by atoms with Crippen molar-refractivity contribution in [2.24, 2.45) is 5.92 Å². The Hall–Kier alpha value is -5.91. The highest BCUT2D eigenvalue weighted by Gasteiger charge is 2.43. The molecule has 4 aromatic heterocycles. The van der Waals surface area contributed by atoms with Gasteiger partial charge < -0.3 is 40.1 Å². The Morgan fingerprint density at radius 2 is 1.81 bits per heavy atom. The minimum absolute atomic E-state index is 0.0651. The Bertz CT molecular complexity index is 2510. The molecule has 4 atom stereocenters. The second kappa shape index (κ2) is 18.2. The van der Waals surface area contributed by atoms with Gasteiger partial charge in [0.1, 0.15) is 17.7 Å². The highest BCUT2D eigenvalue weighted by Crippen LogP contribution is 2.35. The number of amides is 2. The van der Waals surface area contributed by atoms with E-state index in [0.29, 0.717) is 40.7 Å². The molecule has 0 saturated carbocycles. The van der Waals surface area contributed by atoms with Crippen LogP contribution < -0.4 is 15.5 Å². The third-order valence-corrected chi connectivity index (χ3v) is 13.3. The molecule has 0 radical (unpaired) electrons. The molecular weight excluding hydrogens is 807 g/mol. The van der Waals surface area contributed by atoms with E-state index >= 15 is 0 Å². The lowest BCUT2D eigenvalue weighted by Crippen LogP contribution is -2.48. The number of aromatic hydroxyl groups is 1. The van der Waals surface area contributed by atoms with Crippen molar-refractivity contribution in [2.45, 2.75) is 77.1 Å². The fourth-order valence-electron chi connectivity index (χ4n) is 8.72. The van der Waals surface area contributed by atoms with E-state index in [1.807, 2.05) is 101 Å². The van der Waals surface area contributed by atoms with E-state index in [9.17, 15) is 19.8 Å². The molecular formula is C45H55N11O5S. The standard InChI is InChI=1S/C45H55N11O5S/c1-26(2)40(45(60)55-24-32(57)21-36(55)44(59)48-27(3)29-11-13-30(14-12-29)42-28(4)47-25-62-42)38-23-39(52-61-38)53(6)19-20-54-17-15-31(16-18-54)56-35-22-34(33-9-7-8-10-37(33)58)49-50-41(35)43(46-5)51-56/h7-14,22-23,25-27,31-32,36,40,57-58H,15-21,24H2,1-6H3,(H,46,51)(H,48,59)/t27-,32+,36-,40?/m0/s1. The number of aliphatic hydroxyl groups is 1. The van der Waals surface area contributed by atoms with Crippen LogP contribution in [0.5, 0.6) is 5.75 Å². The lowest BCUT2D eigenvalue weighted by Gasteiger charge is -2.33. The molecule has 0 spiro atoms. The summed E-state index contributed by atoms with van der Waals surface area (Å²) in [6, 6.07) is 18.0. The van der Waals surface area contributed by atoms with Crippen molar-refractivity contribution in [1.29, 1.82) is 0 Å². The molecule has 2 fully saturated rings. The number of thiazole rings is 1. The number of hydrogen-bond donors (Lipinski definition) is 4. The minimum Gasteiger partial charge on any atom is -0.507 e. The summed E-state index contributed by atoms with van der Waals surface area (Å²) in [4.78, 5) is 39.5. The third kappa shape index (κ3) is 8.74. The Morgan fingerprint density at radius 3 is 2.50 bits per heavy atom. The van der Waals surface area contributed by atoms with E-state index in [2.05, 4.69) is 40.6 Å². The number of benzene rings is 2. The highest BCUT2D eigenvalue weighted by atomic mass is 32.1. The molecule has 1 unspecified atom stereocenters. The van der Waals surface area contributed by atoms with Gasteiger partial charge in [-0.1, -0.05) is 55.4 Å². The van der Waals surface area contributed by atoms with Gasteiger partial charge in [0, 0.05) is 64.9 Å². The molecule has 2 aliphatic rings. The van der Waals surface area contributed by atoms with Crippen LogP contribution in [0.2, 0.25) is 0 Å². The zero-order valence-electron chi connectivity index (χ0n) is 36.0. The number of aryl methyl sites for hydroxylation is 1. The lowest BCUT2D eigenvalue weighted by atomic mass is 9.91. The summed E-state index contributed by atoms with van der Waals surface area (Å²) in [5, 5.41) is 45.6. The van der Waals surface area contributed by atoms with E-state index < -0.39 is 18.1 Å². The summed E-state index contributed by atoms with van der Waals surface area (Å²) >= 11 is 1.59. The maximum absolute atomic E-state index is 14.3. The van der Waals surface area contributed by atoms with Gasteiger partial charge >= 0.3 is 0 Å². The second-order valence-electron chi connectivity index (χ2n) is 16.8. The van der Waals surface area contributed by atoms with Crippen LogP contribution in [0, 0.1) is 12.8 Å². The number of rotatable bonds is 14. The fourth-order valence-corrected chi connectivity index (χ4v) is 9.53. The predicted octanol–water partition coefficient (Wildman–Crippen LogP) is 6.01. The Balaban J connectivity index is 0.870. The molecule has 0 bridgehead atoms. The zero-order valence-corrected chi connectivity index (χ0v) is 36.8. The number of para-hydroxylation sites is 1. The van der Waals surface area contributed by atoms with Gasteiger partial charge in [0.15, 0.2) is 22.9 Å². The SMILES string of the molecule is CNc1nn(C2CCN(CCN(C)c3cc(C(C(=O)N4C[C@H](O)C[C@H]4C(=O)N[C@@H](C)c4ccc(-c5scnc5C)cc4)C(C)C)on3)CC2)c2cc(-c3ccccc3O)nnc12. The van der Waals surface area contributed by atoms with Gasteiger partial charge in [0.05, 0.1) is 45.5 Å². The molecule has 2 aromatic carbocycles. The van der Waals surface area contributed by atoms with E-state index in [-0.39, 0.29) is 48.5 Å². The van der Waals surface area contributed by atoms with Gasteiger partial charge in [-0.25, -0.2) is 4.98 Å². The van der Waals surface area contributed by atoms with Gasteiger partial charge in [-0.3, -0.25) is 14.3 Å². The summed E-state index contributed by atoms with van der Waals surface area (Å²) in [5.41, 5.74) is 7.60. The second-order valence-corrected chi connectivity index (χ2v) is 17.7. The number of nitrogens with zero attached hydrogens (tertiary/aromatic N) is 9. The van der Waals surface area contributed by atoms with Crippen molar-refractivity contribution in [3.05, 3.63) is 83.2 Å². The third-order valence-electron chi connectivity index (χ3n) is 12.3. The Morgan fingerprint density at radius 1 is 1.05 bits per heavy atom. The number of β-amino-alcohol motifs (C(OH)–C–C–N with tert-alkyl or cyclic N) is 1. The Kier molecular flexibility index (Phi) is 12.6. The number of piperidine rings is 1. The smallest absolute Gasteiger partial charge is 0.243 e. The molecule has 2 saturated heterocycles. The molecule has 2 amide bonds. The number of hydrogen-bond acceptors (Lipinski definition) is 14. The van der Waals surface area contributed by atoms with E-state index in [1.165, 1.54) is 4.90 Å². The van der Waals surface area contributed by atoms with Crippen LogP contribution >= 0.6 is 11.3 Å². The number of aromatic nitrogens is 6. The molecule has 16 nitrogen and oxygen atoms in total. The first-order valence-corrected chi connectivity index (χ1v) is 22.2. The number of carbonyl (C=O) groups excluding carboxylic acids is 2. The molecule has 62 heavy (non-hydrogen) atoms. The van der Waals surface area contributed by atoms with Gasteiger partial charge in [0.2, 0.25) is 11.8 Å². The number of carbonyl (C=O) groups is 2. The number of anilines is 2. The average Bonchev–Trinajstić information content (AvgIpc) is 4.09. The number of fused-ring (bicyclic) bond motifs is 1. The molecule has 4 N–H and O–H groups in total. The quantitative estimate of drug-likeness (QED) is 0.0997. The predicted molar refractivity (Wildman–Crippen MR) is 239 cm³/mol. The van der Waals surface area contributed by atoms with Crippen molar-refractivity contribution in [2.75, 3.05) is 57.0 Å². The molecule has 8 rings (SSSR count). The molecule has 2 aliphatic heterocycles. The van der Waals surface area contributed by atoms with Crippen LogP contribution in [-0.2, 0) is 9.59 Å². The van der Waals surface area contributed by atoms with Gasteiger partial charge in [-0.15, -0.1) is 21.5 Å². The average molecular weight is 862 g/mol. The van der Waals surface area contributed by atoms with Crippen molar-refractivity contribution in [3.8, 4) is 27.4 Å². The summed E-state index contributed by atoms with van der Waals surface area (Å²) in [6.07, 6.45) is 1.14. The lowest BCUT2D eigenvalue weighted by molar-refractivity contribution is -0.141. The van der Waals surface area contributed by atoms with E-state index in [4.69, 9.17) is 9.62 Å². The summed E-state index contributed by atoms with van der Waals surface area (Å²) < 4.78 is 7.92.